The first-order valence-corrected chi connectivity index (χ1v) is 8.24. The Hall–Kier alpha value is -2.44. The zero-order valence-electron chi connectivity index (χ0n) is 13.8. The Bertz CT molecular complexity index is 784. The quantitative estimate of drug-likeness (QED) is 0.780. The van der Waals surface area contributed by atoms with Crippen LogP contribution in [-0.4, -0.2) is 33.4 Å². The zero-order valence-corrected chi connectivity index (χ0v) is 13.8. The molecule has 0 amide bonds. The lowest BCUT2D eigenvalue weighted by Crippen LogP contribution is -2.28. The van der Waals surface area contributed by atoms with E-state index in [1.54, 1.807) is 0 Å². The van der Waals surface area contributed by atoms with Crippen molar-refractivity contribution in [3.05, 3.63) is 59.5 Å². The second kappa shape index (κ2) is 6.59. The maximum atomic E-state index is 5.46. The Morgan fingerprint density at radius 2 is 2.00 bits per heavy atom. The van der Waals surface area contributed by atoms with Crippen molar-refractivity contribution in [2.45, 2.75) is 26.2 Å². The first-order chi connectivity index (χ1) is 11.8. The van der Waals surface area contributed by atoms with Crippen molar-refractivity contribution in [3.8, 4) is 11.3 Å². The molecule has 2 aromatic heterocycles. The molecule has 1 aromatic carbocycles. The van der Waals surface area contributed by atoms with Crippen molar-refractivity contribution in [1.82, 2.24) is 25.2 Å². The number of rotatable bonds is 5. The summed E-state index contributed by atoms with van der Waals surface area (Å²) >= 11 is 0. The van der Waals surface area contributed by atoms with Crippen molar-refractivity contribution in [2.75, 3.05) is 13.6 Å². The normalized spacial score (nSPS) is 14.1. The maximum absolute atomic E-state index is 5.46. The van der Waals surface area contributed by atoms with Gasteiger partial charge in [0.15, 0.2) is 5.76 Å². The molecular weight excluding hydrogens is 302 g/mol. The van der Waals surface area contributed by atoms with E-state index in [1.807, 2.05) is 36.4 Å². The van der Waals surface area contributed by atoms with E-state index < -0.39 is 0 Å². The van der Waals surface area contributed by atoms with Crippen LogP contribution in [0.5, 0.6) is 0 Å². The molecule has 0 atom stereocenters. The van der Waals surface area contributed by atoms with Crippen LogP contribution in [0, 0.1) is 0 Å². The van der Waals surface area contributed by atoms with Crippen LogP contribution >= 0.6 is 0 Å². The Morgan fingerprint density at radius 3 is 2.83 bits per heavy atom. The summed E-state index contributed by atoms with van der Waals surface area (Å²) in [4.78, 5) is 2.20. The molecule has 0 bridgehead atoms. The molecule has 0 radical (unpaired) electrons. The summed E-state index contributed by atoms with van der Waals surface area (Å²) in [5.41, 5.74) is 4.34. The van der Waals surface area contributed by atoms with E-state index >= 15 is 0 Å². The smallest absolute Gasteiger partial charge is 0.167 e. The first-order valence-electron chi connectivity index (χ1n) is 8.24. The number of hydrogen-bond donors (Lipinski definition) is 1. The summed E-state index contributed by atoms with van der Waals surface area (Å²) in [6.45, 7) is 4.37. The highest BCUT2D eigenvalue weighted by Crippen LogP contribution is 2.20. The molecule has 3 aromatic rings. The standard InChI is InChI=1S/C18H21N5O/c1-22(12-15-9-17-11-19-7-8-23(17)20-15)13-16-10-18(24-21-16)14-5-3-2-4-6-14/h2-6,9-10,19H,7-8,11-13H2,1H3. The second-order valence-corrected chi connectivity index (χ2v) is 6.25. The fraction of sp³-hybridized carbons (Fsp3) is 0.333. The number of nitrogens with zero attached hydrogens (tertiary/aromatic N) is 4. The molecular formula is C18H21N5O. The molecule has 0 unspecified atom stereocenters. The van der Waals surface area contributed by atoms with Crippen LogP contribution in [0.2, 0.25) is 0 Å². The summed E-state index contributed by atoms with van der Waals surface area (Å²) < 4.78 is 7.56. The minimum absolute atomic E-state index is 0.733. The summed E-state index contributed by atoms with van der Waals surface area (Å²) in [7, 11) is 2.08. The highest BCUT2D eigenvalue weighted by atomic mass is 16.5. The van der Waals surface area contributed by atoms with Crippen molar-refractivity contribution >= 4 is 0 Å². The van der Waals surface area contributed by atoms with E-state index in [4.69, 9.17) is 4.52 Å². The second-order valence-electron chi connectivity index (χ2n) is 6.25. The minimum atomic E-state index is 0.733. The van der Waals surface area contributed by atoms with E-state index in [-0.39, 0.29) is 0 Å². The molecule has 1 N–H and O–H groups in total. The zero-order chi connectivity index (χ0) is 16.4. The predicted molar refractivity (Wildman–Crippen MR) is 91.0 cm³/mol. The third-order valence-electron chi connectivity index (χ3n) is 4.20. The van der Waals surface area contributed by atoms with Gasteiger partial charge in [-0.25, -0.2) is 0 Å². The third kappa shape index (κ3) is 3.25. The molecule has 0 saturated heterocycles. The van der Waals surface area contributed by atoms with Gasteiger partial charge >= 0.3 is 0 Å². The number of fused-ring (bicyclic) bond motifs is 1. The molecule has 0 saturated carbocycles. The summed E-state index contributed by atoms with van der Waals surface area (Å²) in [6.07, 6.45) is 0. The van der Waals surface area contributed by atoms with Crippen molar-refractivity contribution in [1.29, 1.82) is 0 Å². The van der Waals surface area contributed by atoms with Gasteiger partial charge in [0.05, 0.1) is 23.6 Å². The van der Waals surface area contributed by atoms with Gasteiger partial charge in [-0.05, 0) is 13.1 Å². The van der Waals surface area contributed by atoms with Gasteiger partial charge in [0.25, 0.3) is 0 Å². The fourth-order valence-corrected chi connectivity index (χ4v) is 3.06. The van der Waals surface area contributed by atoms with E-state index in [9.17, 15) is 0 Å². The lowest BCUT2D eigenvalue weighted by atomic mass is 10.1. The van der Waals surface area contributed by atoms with Crippen LogP contribution < -0.4 is 5.32 Å². The van der Waals surface area contributed by atoms with Gasteiger partial charge in [0, 0.05) is 37.8 Å². The molecule has 124 valence electrons. The van der Waals surface area contributed by atoms with Crippen molar-refractivity contribution in [2.24, 2.45) is 0 Å². The van der Waals surface area contributed by atoms with E-state index in [2.05, 4.69) is 38.3 Å². The lowest BCUT2D eigenvalue weighted by molar-refractivity contribution is 0.299. The van der Waals surface area contributed by atoms with Gasteiger partial charge in [0.1, 0.15) is 0 Å². The highest BCUT2D eigenvalue weighted by molar-refractivity contribution is 5.56. The lowest BCUT2D eigenvalue weighted by Gasteiger charge is -2.14. The third-order valence-corrected chi connectivity index (χ3v) is 4.20. The number of benzene rings is 1. The van der Waals surface area contributed by atoms with Gasteiger partial charge < -0.3 is 9.84 Å². The largest absolute Gasteiger partial charge is 0.356 e. The summed E-state index contributed by atoms with van der Waals surface area (Å²) in [5.74, 6) is 0.808. The Labute approximate surface area is 141 Å². The van der Waals surface area contributed by atoms with Crippen LogP contribution in [-0.2, 0) is 26.2 Å². The van der Waals surface area contributed by atoms with Crippen LogP contribution in [0.4, 0.5) is 0 Å². The number of aromatic nitrogens is 3. The van der Waals surface area contributed by atoms with Gasteiger partial charge in [-0.3, -0.25) is 9.58 Å². The Morgan fingerprint density at radius 1 is 1.17 bits per heavy atom. The molecule has 1 aliphatic rings. The average molecular weight is 323 g/mol. The first kappa shape index (κ1) is 15.1. The minimum Gasteiger partial charge on any atom is -0.356 e. The summed E-state index contributed by atoms with van der Waals surface area (Å²) in [5, 5.41) is 12.2. The number of nitrogens with one attached hydrogen (secondary N) is 1. The van der Waals surface area contributed by atoms with Gasteiger partial charge in [-0.15, -0.1) is 0 Å². The molecule has 6 heteroatoms. The highest BCUT2D eigenvalue weighted by Gasteiger charge is 2.14. The predicted octanol–water partition coefficient (Wildman–Crippen LogP) is 2.27. The molecule has 6 nitrogen and oxygen atoms in total. The van der Waals surface area contributed by atoms with Gasteiger partial charge in [-0.2, -0.15) is 5.10 Å². The van der Waals surface area contributed by atoms with Crippen LogP contribution in [0.15, 0.2) is 47.0 Å². The molecule has 0 fully saturated rings. The maximum Gasteiger partial charge on any atom is 0.167 e. The Kier molecular flexibility index (Phi) is 4.15. The molecule has 0 spiro atoms. The topological polar surface area (TPSA) is 59.1 Å². The van der Waals surface area contributed by atoms with Crippen LogP contribution in [0.3, 0.4) is 0 Å². The van der Waals surface area contributed by atoms with Crippen LogP contribution in [0.25, 0.3) is 11.3 Å². The van der Waals surface area contributed by atoms with E-state index in [0.717, 1.165) is 55.4 Å². The van der Waals surface area contributed by atoms with Crippen LogP contribution in [0.1, 0.15) is 17.1 Å². The molecule has 24 heavy (non-hydrogen) atoms. The average Bonchev–Trinajstić information content (AvgIpc) is 3.21. The number of hydrogen-bond acceptors (Lipinski definition) is 5. The van der Waals surface area contributed by atoms with E-state index in [0.29, 0.717) is 0 Å². The molecule has 1 aliphatic heterocycles. The summed E-state index contributed by atoms with van der Waals surface area (Å²) in [6, 6.07) is 14.2. The Balaban J connectivity index is 1.40. The van der Waals surface area contributed by atoms with E-state index in [1.165, 1.54) is 5.69 Å². The van der Waals surface area contributed by atoms with Crippen molar-refractivity contribution in [3.63, 3.8) is 0 Å². The molecule has 0 aliphatic carbocycles. The van der Waals surface area contributed by atoms with Gasteiger partial charge in [-0.1, -0.05) is 35.5 Å². The SMILES string of the molecule is CN(Cc1cc(-c2ccccc2)on1)Cc1cc2n(n1)CCNC2. The van der Waals surface area contributed by atoms with Gasteiger partial charge in [0.2, 0.25) is 0 Å². The monoisotopic (exact) mass is 323 g/mol. The molecule has 3 heterocycles. The van der Waals surface area contributed by atoms with Crippen molar-refractivity contribution < 1.29 is 4.52 Å². The molecule has 4 rings (SSSR count). The fourth-order valence-electron chi connectivity index (χ4n) is 3.06.